The van der Waals surface area contributed by atoms with Crippen LogP contribution in [-0.4, -0.2) is 27.9 Å². The molecule has 5 rings (SSSR count). The largest absolute Gasteiger partial charge is 0.269 e. The molecule has 0 N–H and O–H groups in total. The third-order valence-electron chi connectivity index (χ3n) is 6.21. The molecule has 0 aliphatic heterocycles. The van der Waals surface area contributed by atoms with E-state index in [1.807, 2.05) is 26.0 Å². The lowest BCUT2D eigenvalue weighted by Gasteiger charge is -2.20. The molecule has 0 saturated heterocycles. The van der Waals surface area contributed by atoms with Gasteiger partial charge in [0.15, 0.2) is 0 Å². The molecule has 0 fully saturated rings. The standard InChI is InChI=1S/C27H24N2O4S2/c1-19-8-13-22(14-9-19)34(30,31)28(3)21-12-17-27-25(18-21)24-6-4-5-7-26(24)29(27)35(32,33)23-15-10-20(2)11-16-23/h4-18H,1-3H3. The van der Waals surface area contributed by atoms with Gasteiger partial charge in [-0.3, -0.25) is 4.31 Å². The van der Waals surface area contributed by atoms with Gasteiger partial charge in [-0.15, -0.1) is 0 Å². The van der Waals surface area contributed by atoms with E-state index >= 15 is 0 Å². The summed E-state index contributed by atoms with van der Waals surface area (Å²) in [6, 6.07) is 25.7. The molecular weight excluding hydrogens is 480 g/mol. The number of nitrogens with zero attached hydrogens (tertiary/aromatic N) is 2. The first kappa shape index (κ1) is 23.1. The Kier molecular flexibility index (Phi) is 5.45. The lowest BCUT2D eigenvalue weighted by Crippen LogP contribution is -2.26. The summed E-state index contributed by atoms with van der Waals surface area (Å²) in [6.45, 7) is 3.80. The molecule has 0 spiro atoms. The van der Waals surface area contributed by atoms with Crippen LogP contribution in [0.3, 0.4) is 0 Å². The molecule has 0 bridgehead atoms. The number of aromatic nitrogens is 1. The van der Waals surface area contributed by atoms with Crippen molar-refractivity contribution in [2.24, 2.45) is 0 Å². The zero-order valence-corrected chi connectivity index (χ0v) is 21.1. The van der Waals surface area contributed by atoms with Crippen LogP contribution in [0.4, 0.5) is 5.69 Å². The Morgan fingerprint density at radius 2 is 1.17 bits per heavy atom. The summed E-state index contributed by atoms with van der Waals surface area (Å²) in [7, 11) is -6.18. The van der Waals surface area contributed by atoms with Gasteiger partial charge in [-0.05, 0) is 62.4 Å². The van der Waals surface area contributed by atoms with Crippen molar-refractivity contribution in [1.29, 1.82) is 0 Å². The number of rotatable bonds is 5. The summed E-state index contributed by atoms with van der Waals surface area (Å²) < 4.78 is 56.4. The number of benzene rings is 4. The third-order valence-corrected chi connectivity index (χ3v) is 9.76. The van der Waals surface area contributed by atoms with Gasteiger partial charge in [-0.2, -0.15) is 0 Å². The van der Waals surface area contributed by atoms with Gasteiger partial charge in [0.1, 0.15) is 0 Å². The fourth-order valence-corrected chi connectivity index (χ4v) is 6.92. The van der Waals surface area contributed by atoms with Crippen molar-refractivity contribution in [2.75, 3.05) is 11.4 Å². The second-order valence-corrected chi connectivity index (χ2v) is 12.3. The van der Waals surface area contributed by atoms with E-state index in [4.69, 9.17) is 0 Å². The number of anilines is 1. The molecule has 0 aliphatic carbocycles. The lowest BCUT2D eigenvalue weighted by atomic mass is 10.1. The van der Waals surface area contributed by atoms with E-state index in [1.54, 1.807) is 78.9 Å². The van der Waals surface area contributed by atoms with Crippen molar-refractivity contribution < 1.29 is 16.8 Å². The fourth-order valence-electron chi connectivity index (χ4n) is 4.20. The predicted molar refractivity (Wildman–Crippen MR) is 140 cm³/mol. The van der Waals surface area contributed by atoms with Crippen molar-refractivity contribution >= 4 is 47.5 Å². The molecule has 0 radical (unpaired) electrons. The molecule has 0 saturated carbocycles. The van der Waals surface area contributed by atoms with Crippen molar-refractivity contribution in [3.63, 3.8) is 0 Å². The van der Waals surface area contributed by atoms with Crippen LogP contribution in [0.1, 0.15) is 11.1 Å². The summed E-state index contributed by atoms with van der Waals surface area (Å²) >= 11 is 0. The molecule has 35 heavy (non-hydrogen) atoms. The molecule has 1 aromatic heterocycles. The Balaban J connectivity index is 1.70. The van der Waals surface area contributed by atoms with Gasteiger partial charge in [0.05, 0.1) is 26.5 Å². The van der Waals surface area contributed by atoms with Crippen molar-refractivity contribution in [1.82, 2.24) is 3.97 Å². The molecule has 0 atom stereocenters. The maximum Gasteiger partial charge on any atom is 0.268 e. The monoisotopic (exact) mass is 504 g/mol. The molecule has 4 aromatic carbocycles. The normalized spacial score (nSPS) is 12.3. The van der Waals surface area contributed by atoms with Gasteiger partial charge in [0.25, 0.3) is 20.0 Å². The topological polar surface area (TPSA) is 76.5 Å². The molecule has 6 nitrogen and oxygen atoms in total. The number of fused-ring (bicyclic) bond motifs is 3. The summed E-state index contributed by atoms with van der Waals surface area (Å²) in [5.74, 6) is 0. The van der Waals surface area contributed by atoms with E-state index in [0.29, 0.717) is 22.1 Å². The number of aryl methyl sites for hydroxylation is 2. The average molecular weight is 505 g/mol. The highest BCUT2D eigenvalue weighted by molar-refractivity contribution is 7.92. The first-order valence-corrected chi connectivity index (χ1v) is 13.9. The van der Waals surface area contributed by atoms with Crippen LogP contribution in [0.5, 0.6) is 0 Å². The summed E-state index contributed by atoms with van der Waals surface area (Å²) in [4.78, 5) is 0.379. The molecule has 0 unspecified atom stereocenters. The number of para-hydroxylation sites is 1. The van der Waals surface area contributed by atoms with Crippen molar-refractivity contribution in [3.05, 3.63) is 102 Å². The van der Waals surface area contributed by atoms with E-state index in [2.05, 4.69) is 0 Å². The molecule has 178 valence electrons. The zero-order valence-electron chi connectivity index (χ0n) is 19.5. The van der Waals surface area contributed by atoms with E-state index in [9.17, 15) is 16.8 Å². The van der Waals surface area contributed by atoms with Gasteiger partial charge in [0, 0.05) is 17.8 Å². The minimum atomic E-state index is -3.89. The van der Waals surface area contributed by atoms with E-state index in [-0.39, 0.29) is 9.79 Å². The third kappa shape index (κ3) is 3.79. The molecule has 5 aromatic rings. The highest BCUT2D eigenvalue weighted by Crippen LogP contribution is 2.35. The molecule has 1 heterocycles. The maximum absolute atomic E-state index is 13.7. The van der Waals surface area contributed by atoms with Crippen LogP contribution < -0.4 is 4.31 Å². The zero-order chi connectivity index (χ0) is 25.0. The van der Waals surface area contributed by atoms with Crippen LogP contribution in [0.15, 0.2) is 101 Å². The fraction of sp³-hybridized carbons (Fsp3) is 0.111. The van der Waals surface area contributed by atoms with Crippen LogP contribution >= 0.6 is 0 Å². The highest BCUT2D eigenvalue weighted by Gasteiger charge is 2.25. The Morgan fingerprint density at radius 3 is 1.80 bits per heavy atom. The summed E-state index contributed by atoms with van der Waals surface area (Å²) in [5.41, 5.74) is 3.39. The SMILES string of the molecule is Cc1ccc(S(=O)(=O)N(C)c2ccc3c(c2)c2ccccc2n3S(=O)(=O)c2ccc(C)cc2)cc1. The first-order chi connectivity index (χ1) is 16.6. The lowest BCUT2D eigenvalue weighted by molar-refractivity contribution is 0.589. The van der Waals surface area contributed by atoms with Gasteiger partial charge in [0.2, 0.25) is 0 Å². The number of hydrogen-bond donors (Lipinski definition) is 0. The Bertz CT molecular complexity index is 1790. The smallest absolute Gasteiger partial charge is 0.268 e. The quantitative estimate of drug-likeness (QED) is 0.318. The van der Waals surface area contributed by atoms with E-state index < -0.39 is 20.0 Å². The molecule has 0 amide bonds. The summed E-state index contributed by atoms with van der Waals surface area (Å²) in [5, 5.41) is 1.38. The Hall–Kier alpha value is -3.62. The van der Waals surface area contributed by atoms with Gasteiger partial charge < -0.3 is 0 Å². The second-order valence-electron chi connectivity index (χ2n) is 8.59. The van der Waals surface area contributed by atoms with Gasteiger partial charge in [-0.25, -0.2) is 20.8 Å². The van der Waals surface area contributed by atoms with Crippen LogP contribution in [-0.2, 0) is 20.0 Å². The maximum atomic E-state index is 13.7. The van der Waals surface area contributed by atoms with Crippen LogP contribution in [0, 0.1) is 13.8 Å². The summed E-state index contributed by atoms with van der Waals surface area (Å²) in [6.07, 6.45) is 0. The molecular formula is C27H24N2O4S2. The highest BCUT2D eigenvalue weighted by atomic mass is 32.2. The minimum absolute atomic E-state index is 0.189. The van der Waals surface area contributed by atoms with E-state index in [1.165, 1.54) is 15.3 Å². The van der Waals surface area contributed by atoms with Crippen molar-refractivity contribution in [3.8, 4) is 0 Å². The number of hydrogen-bond acceptors (Lipinski definition) is 4. The average Bonchev–Trinajstić information content (AvgIpc) is 3.18. The molecule has 0 aliphatic rings. The first-order valence-electron chi connectivity index (χ1n) is 11.0. The van der Waals surface area contributed by atoms with Crippen molar-refractivity contribution in [2.45, 2.75) is 23.6 Å². The van der Waals surface area contributed by atoms with Crippen LogP contribution in [0.25, 0.3) is 21.8 Å². The van der Waals surface area contributed by atoms with E-state index in [0.717, 1.165) is 16.5 Å². The molecule has 8 heteroatoms. The van der Waals surface area contributed by atoms with Gasteiger partial charge in [-0.1, -0.05) is 53.6 Å². The Morgan fingerprint density at radius 1 is 0.629 bits per heavy atom. The number of sulfonamides is 1. The van der Waals surface area contributed by atoms with Crippen LogP contribution in [0.2, 0.25) is 0 Å². The Labute approximate surface area is 205 Å². The second kappa shape index (κ2) is 8.25. The van der Waals surface area contributed by atoms with Gasteiger partial charge >= 0.3 is 0 Å². The predicted octanol–water partition coefficient (Wildman–Crippen LogP) is 5.47. The minimum Gasteiger partial charge on any atom is -0.269 e.